The Kier molecular flexibility index (Phi) is 7.68. The molecule has 2 bridgehead atoms. The van der Waals surface area contributed by atoms with Crippen molar-refractivity contribution in [1.82, 2.24) is 29.1 Å². The molecule has 6 N–H and O–H groups in total. The summed E-state index contributed by atoms with van der Waals surface area (Å²) in [5.74, 6) is -0.0888. The lowest BCUT2D eigenvalue weighted by molar-refractivity contribution is -0.0546. The number of nitrogens with two attached hydrogens (primary N) is 2. The fourth-order valence-corrected chi connectivity index (χ4v) is 8.98. The third kappa shape index (κ3) is 5.78. The number of H-pyrrole nitrogens is 1. The van der Waals surface area contributed by atoms with Crippen LogP contribution in [0.25, 0.3) is 22.2 Å². The molecule has 43 heavy (non-hydrogen) atoms. The highest BCUT2D eigenvalue weighted by molar-refractivity contribution is 8.60. The van der Waals surface area contributed by atoms with Crippen LogP contribution < -0.4 is 17.0 Å². The number of aromatic nitrogens is 6. The maximum atomic E-state index is 12.3. The largest absolute Gasteiger partial charge is 0.398 e. The zero-order valence-electron chi connectivity index (χ0n) is 22.0. The highest BCUT2D eigenvalue weighted by atomic mass is 32.9. The molecule has 230 valence electrons. The van der Waals surface area contributed by atoms with Crippen LogP contribution in [-0.4, -0.2) is 71.6 Å². The van der Waals surface area contributed by atoms with Crippen LogP contribution in [0.1, 0.15) is 25.3 Å². The van der Waals surface area contributed by atoms with Gasteiger partial charge in [-0.1, -0.05) is 12.2 Å². The van der Waals surface area contributed by atoms with E-state index in [1.54, 1.807) is 12.3 Å². The Labute approximate surface area is 258 Å². The van der Waals surface area contributed by atoms with Crippen LogP contribution in [0.15, 0.2) is 35.6 Å². The molecule has 0 saturated carbocycles. The first-order valence-corrected chi connectivity index (χ1v) is 19.4. The van der Waals surface area contributed by atoms with Crippen LogP contribution in [0.3, 0.4) is 0 Å². The number of anilines is 2. The highest BCUT2D eigenvalue weighted by Gasteiger charge is 2.45. The van der Waals surface area contributed by atoms with Gasteiger partial charge in [0.2, 0.25) is 11.6 Å². The molecule has 7 heterocycles. The number of thiol groups is 1. The molecule has 0 spiro atoms. The number of nitrogen functional groups attached to an aromatic ring is 2. The van der Waals surface area contributed by atoms with Gasteiger partial charge >= 0.3 is 6.72 Å². The number of pyridine rings is 1. The van der Waals surface area contributed by atoms with Crippen molar-refractivity contribution in [1.29, 1.82) is 0 Å². The standard InChI is InChI=1S/C22H26N8O8P2S3/c23-12-1-3-25-18-11(12)2-4-29(18)16-6-13-15(36-16)8-34-40(42,43)38-14-5-10(7-33-39(32,41)37-13)35-21(14)30-9-26-17-19(30)27-22(24)28-20(17)31/h1-4,9-10,13-16,21H,5-8H2,(H2,23,25)(H,32,41)(H,42,43)(H3,24,27,28,31)/t10-,13-,14+,15+,16+,21+,39?/m0/s1. The van der Waals surface area contributed by atoms with Gasteiger partial charge in [0.25, 0.3) is 5.56 Å². The first-order valence-electron chi connectivity index (χ1n) is 13.0. The Morgan fingerprint density at radius 2 is 1.86 bits per heavy atom. The predicted molar refractivity (Wildman–Crippen MR) is 165 cm³/mol. The fraction of sp³-hybridized carbons (Fsp3) is 0.455. The van der Waals surface area contributed by atoms with Crippen molar-refractivity contribution in [3.05, 3.63) is 41.2 Å². The lowest BCUT2D eigenvalue weighted by atomic mass is 10.2. The molecule has 2 unspecified atom stereocenters. The number of nitrogens with one attached hydrogen (secondary N) is 1. The SMILES string of the molecule is Nc1nc2c(ncn2[C@@H]2O[C@@H]3COP(O)(=S)O[C@H]4C[C@H](n5ccc6c(N)ccnc65)O[C@@H]4COP(=S)(S)O[C@@H]2C3)c(=O)[nH]1. The van der Waals surface area contributed by atoms with Gasteiger partial charge in [-0.05, 0) is 35.7 Å². The van der Waals surface area contributed by atoms with E-state index >= 15 is 0 Å². The van der Waals surface area contributed by atoms with E-state index in [2.05, 4.69) is 32.2 Å². The fourth-order valence-electron chi connectivity index (χ4n) is 5.48. The molecule has 0 radical (unpaired) electrons. The summed E-state index contributed by atoms with van der Waals surface area (Å²) in [5.41, 5.74) is 9.64. The van der Waals surface area contributed by atoms with Gasteiger partial charge in [-0.15, -0.1) is 0 Å². The van der Waals surface area contributed by atoms with Crippen LogP contribution in [0.5, 0.6) is 0 Å². The van der Waals surface area contributed by atoms with E-state index < -0.39 is 54.8 Å². The van der Waals surface area contributed by atoms with Crippen molar-refractivity contribution >= 4 is 82.1 Å². The maximum Gasteiger partial charge on any atom is 0.324 e. The number of fused-ring (bicyclic) bond motifs is 5. The first kappa shape index (κ1) is 29.7. The van der Waals surface area contributed by atoms with Crippen molar-refractivity contribution in [3.8, 4) is 0 Å². The van der Waals surface area contributed by atoms with E-state index in [1.807, 2.05) is 16.8 Å². The Morgan fingerprint density at radius 1 is 1.02 bits per heavy atom. The smallest absolute Gasteiger partial charge is 0.324 e. The first-order chi connectivity index (χ1) is 20.5. The van der Waals surface area contributed by atoms with Gasteiger partial charge in [0.05, 0.1) is 31.7 Å². The quantitative estimate of drug-likeness (QED) is 0.151. The Bertz CT molecular complexity index is 1870. The number of hydrogen-bond donors (Lipinski definition) is 5. The Hall–Kier alpha value is -1.99. The highest BCUT2D eigenvalue weighted by Crippen LogP contribution is 2.58. The van der Waals surface area contributed by atoms with Gasteiger partial charge in [-0.3, -0.25) is 14.3 Å². The van der Waals surface area contributed by atoms with Crippen LogP contribution in [-0.2, 0) is 51.2 Å². The Morgan fingerprint density at radius 3 is 2.70 bits per heavy atom. The minimum atomic E-state index is -3.78. The minimum absolute atomic E-state index is 0.0683. The van der Waals surface area contributed by atoms with E-state index in [0.717, 1.165) is 5.39 Å². The molecule has 3 saturated heterocycles. The molecule has 3 aliphatic rings. The normalized spacial score (nSPS) is 35.4. The summed E-state index contributed by atoms with van der Waals surface area (Å²) in [4.78, 5) is 38.6. The number of imidazole rings is 1. The van der Waals surface area contributed by atoms with Crippen molar-refractivity contribution in [2.75, 3.05) is 24.7 Å². The van der Waals surface area contributed by atoms with Gasteiger partial charge in [-0.2, -0.15) is 4.98 Å². The summed E-state index contributed by atoms with van der Waals surface area (Å²) in [5, 5.41) is 0.776. The third-order valence-corrected chi connectivity index (χ3v) is 11.2. The maximum absolute atomic E-state index is 12.3. The lowest BCUT2D eigenvalue weighted by Crippen LogP contribution is -2.29. The summed E-state index contributed by atoms with van der Waals surface area (Å²) in [6.45, 7) is -3.96. The molecule has 3 aliphatic heterocycles. The van der Waals surface area contributed by atoms with Gasteiger partial charge in [0.1, 0.15) is 24.1 Å². The van der Waals surface area contributed by atoms with Gasteiger partial charge < -0.3 is 48.5 Å². The Balaban J connectivity index is 1.17. The number of nitrogens with zero attached hydrogens (tertiary/aromatic N) is 5. The molecule has 4 aromatic rings. The average Bonchev–Trinajstić information content (AvgIpc) is 3.71. The topological polar surface area (TPSA) is 209 Å². The summed E-state index contributed by atoms with van der Waals surface area (Å²) in [6.07, 6.45) is 1.27. The van der Waals surface area contributed by atoms with E-state index in [0.29, 0.717) is 17.8 Å². The zero-order chi connectivity index (χ0) is 30.1. The van der Waals surface area contributed by atoms with Crippen molar-refractivity contribution < 1.29 is 32.5 Å². The molecule has 0 aliphatic carbocycles. The number of ether oxygens (including phenoxy) is 2. The third-order valence-electron chi connectivity index (χ3n) is 7.37. The molecule has 16 nitrogen and oxygen atoms in total. The zero-order valence-corrected chi connectivity index (χ0v) is 26.3. The van der Waals surface area contributed by atoms with Crippen LogP contribution in [0.2, 0.25) is 0 Å². The van der Waals surface area contributed by atoms with Crippen LogP contribution >= 0.6 is 24.7 Å². The monoisotopic (exact) mass is 688 g/mol. The number of aromatic amines is 1. The molecular weight excluding hydrogens is 662 g/mol. The van der Waals surface area contributed by atoms with Crippen LogP contribution in [0.4, 0.5) is 11.6 Å². The number of rotatable bonds is 2. The summed E-state index contributed by atoms with van der Waals surface area (Å²) in [7, 11) is 0. The van der Waals surface area contributed by atoms with Crippen molar-refractivity contribution in [2.24, 2.45) is 0 Å². The molecular formula is C22H26N8O8P2S3. The summed E-state index contributed by atoms with van der Waals surface area (Å²) >= 11 is 15.6. The van der Waals surface area contributed by atoms with Gasteiger partial charge in [0.15, 0.2) is 17.4 Å². The second-order valence-electron chi connectivity index (χ2n) is 10.2. The predicted octanol–water partition coefficient (Wildman–Crippen LogP) is 2.10. The van der Waals surface area contributed by atoms with E-state index in [4.69, 9.17) is 62.6 Å². The van der Waals surface area contributed by atoms with Crippen LogP contribution in [0, 0.1) is 0 Å². The van der Waals surface area contributed by atoms with E-state index in [-0.39, 0.29) is 36.7 Å². The van der Waals surface area contributed by atoms with Gasteiger partial charge in [-0.25, -0.2) is 9.97 Å². The summed E-state index contributed by atoms with van der Waals surface area (Å²) < 4.78 is 39.9. The van der Waals surface area contributed by atoms with E-state index in [1.165, 1.54) is 10.9 Å². The molecule has 0 aromatic carbocycles. The summed E-state index contributed by atoms with van der Waals surface area (Å²) in [6, 6.07) is 3.57. The van der Waals surface area contributed by atoms with Crippen molar-refractivity contribution in [3.63, 3.8) is 0 Å². The molecule has 4 aromatic heterocycles. The van der Waals surface area contributed by atoms with E-state index in [9.17, 15) is 9.69 Å². The number of hydrogen-bond acceptors (Lipinski definition) is 14. The molecule has 7 rings (SSSR count). The molecule has 3 fully saturated rings. The minimum Gasteiger partial charge on any atom is -0.398 e. The van der Waals surface area contributed by atoms with Crippen molar-refractivity contribution in [2.45, 2.75) is 49.7 Å². The second kappa shape index (κ2) is 11.1. The molecule has 21 heteroatoms. The van der Waals surface area contributed by atoms with Gasteiger partial charge in [0, 0.05) is 36.3 Å². The molecule has 0 amide bonds. The second-order valence-corrected chi connectivity index (χ2v) is 18.2. The average molecular weight is 689 g/mol. The lowest BCUT2D eigenvalue weighted by Gasteiger charge is -2.28. The molecule has 8 atom stereocenters.